The van der Waals surface area contributed by atoms with Gasteiger partial charge in [0.1, 0.15) is 6.61 Å². The van der Waals surface area contributed by atoms with E-state index in [4.69, 9.17) is 5.11 Å². The lowest BCUT2D eigenvalue weighted by Crippen LogP contribution is -1.83. The number of aliphatic hydroxyl groups is 1. The van der Waals surface area contributed by atoms with Gasteiger partial charge in [0.15, 0.2) is 5.82 Å². The van der Waals surface area contributed by atoms with E-state index in [1.165, 1.54) is 0 Å². The molecule has 1 N–H and O–H groups in total. The minimum atomic E-state index is -0.160. The number of aliphatic hydroxyl groups excluding tert-OH is 1. The summed E-state index contributed by atoms with van der Waals surface area (Å²) in [6.07, 6.45) is 0. The van der Waals surface area contributed by atoms with Crippen LogP contribution in [0, 0.1) is 3.90 Å². The van der Waals surface area contributed by atoms with Crippen molar-refractivity contribution in [3.63, 3.8) is 0 Å². The van der Waals surface area contributed by atoms with Gasteiger partial charge in [-0.2, -0.15) is 4.98 Å². The Morgan fingerprint density at radius 3 is 2.75 bits per heavy atom. The zero-order valence-corrected chi connectivity index (χ0v) is 5.99. The number of nitrogens with zero attached hydrogens (tertiary/aromatic N) is 2. The van der Waals surface area contributed by atoms with Crippen molar-refractivity contribution in [1.29, 1.82) is 0 Å². The highest BCUT2D eigenvalue weighted by Gasteiger charge is 1.97. The molecule has 0 aliphatic carbocycles. The van der Waals surface area contributed by atoms with E-state index >= 15 is 0 Å². The molecule has 0 fully saturated rings. The van der Waals surface area contributed by atoms with Gasteiger partial charge < -0.3 is 9.63 Å². The molecule has 0 spiro atoms. The van der Waals surface area contributed by atoms with Gasteiger partial charge in [-0.15, -0.1) is 0 Å². The molecule has 5 heteroatoms. The fourth-order valence-corrected chi connectivity index (χ4v) is 0.674. The maximum Gasteiger partial charge on any atom is 0.287 e. The summed E-state index contributed by atoms with van der Waals surface area (Å²) in [6.45, 7) is -0.160. The third-order valence-corrected chi connectivity index (χ3v) is 1.02. The first kappa shape index (κ1) is 5.96. The molecule has 0 aromatic carbocycles. The molecule has 0 aliphatic heterocycles. The van der Waals surface area contributed by atoms with E-state index in [2.05, 4.69) is 14.7 Å². The maximum absolute atomic E-state index is 8.36. The lowest BCUT2D eigenvalue weighted by atomic mass is 10.7. The van der Waals surface area contributed by atoms with E-state index in [-0.39, 0.29) is 6.61 Å². The van der Waals surface area contributed by atoms with Gasteiger partial charge in [0.25, 0.3) is 3.90 Å². The molecule has 0 saturated heterocycles. The van der Waals surface area contributed by atoms with Crippen LogP contribution in [-0.2, 0) is 6.61 Å². The van der Waals surface area contributed by atoms with Crippen LogP contribution in [0.1, 0.15) is 5.82 Å². The molecule has 1 aromatic heterocycles. The SMILES string of the molecule is OCc1noc(I)n1. The summed E-state index contributed by atoms with van der Waals surface area (Å²) >= 11 is 1.87. The van der Waals surface area contributed by atoms with Gasteiger partial charge in [-0.05, 0) is 0 Å². The molecule has 0 atom stereocenters. The fourth-order valence-electron chi connectivity index (χ4n) is 0.297. The summed E-state index contributed by atoms with van der Waals surface area (Å²) in [6, 6.07) is 0. The molecule has 0 amide bonds. The van der Waals surface area contributed by atoms with Gasteiger partial charge >= 0.3 is 0 Å². The number of hydrogen-bond donors (Lipinski definition) is 1. The Balaban J connectivity index is 2.84. The van der Waals surface area contributed by atoms with Crippen LogP contribution in [0.5, 0.6) is 0 Å². The number of halogens is 1. The summed E-state index contributed by atoms with van der Waals surface area (Å²) in [5, 5.41) is 11.8. The van der Waals surface area contributed by atoms with Crippen LogP contribution in [-0.4, -0.2) is 15.2 Å². The molecule has 0 unspecified atom stereocenters. The van der Waals surface area contributed by atoms with Gasteiger partial charge in [0.2, 0.25) is 0 Å². The predicted molar refractivity (Wildman–Crippen MR) is 32.9 cm³/mol. The summed E-state index contributed by atoms with van der Waals surface area (Å²) in [4.78, 5) is 3.69. The van der Waals surface area contributed by atoms with Gasteiger partial charge in [-0.1, -0.05) is 5.16 Å². The van der Waals surface area contributed by atoms with Crippen molar-refractivity contribution in [2.24, 2.45) is 0 Å². The second kappa shape index (κ2) is 2.40. The average molecular weight is 226 g/mol. The Kier molecular flexibility index (Phi) is 1.79. The van der Waals surface area contributed by atoms with Crippen LogP contribution in [0.25, 0.3) is 0 Å². The normalized spacial score (nSPS) is 9.75. The van der Waals surface area contributed by atoms with Crippen LogP contribution in [0.4, 0.5) is 0 Å². The van der Waals surface area contributed by atoms with E-state index in [1.807, 2.05) is 22.6 Å². The molecule has 4 nitrogen and oxygen atoms in total. The molecule has 44 valence electrons. The summed E-state index contributed by atoms with van der Waals surface area (Å²) in [5.41, 5.74) is 0. The summed E-state index contributed by atoms with van der Waals surface area (Å²) in [5.74, 6) is 0.328. The van der Waals surface area contributed by atoms with Crippen molar-refractivity contribution in [1.82, 2.24) is 10.1 Å². The van der Waals surface area contributed by atoms with E-state index in [0.717, 1.165) is 0 Å². The quantitative estimate of drug-likeness (QED) is 0.693. The van der Waals surface area contributed by atoms with Crippen molar-refractivity contribution in [3.8, 4) is 0 Å². The molecule has 0 aliphatic rings. The lowest BCUT2D eigenvalue weighted by Gasteiger charge is -1.73. The number of hydrogen-bond acceptors (Lipinski definition) is 4. The minimum absolute atomic E-state index is 0.160. The standard InChI is InChI=1S/C3H3IN2O2/c4-3-5-2(1-7)6-8-3/h7H,1H2. The molecule has 0 radical (unpaired) electrons. The largest absolute Gasteiger partial charge is 0.388 e. The molecule has 0 saturated carbocycles. The molecule has 0 bridgehead atoms. The highest BCUT2D eigenvalue weighted by atomic mass is 127. The van der Waals surface area contributed by atoms with Crippen LogP contribution in [0.15, 0.2) is 4.52 Å². The Hall–Kier alpha value is -0.170. The first-order chi connectivity index (χ1) is 3.83. The Morgan fingerprint density at radius 2 is 2.50 bits per heavy atom. The van der Waals surface area contributed by atoms with E-state index in [1.54, 1.807) is 0 Å². The first-order valence-electron chi connectivity index (χ1n) is 1.92. The third-order valence-electron chi connectivity index (χ3n) is 0.585. The van der Waals surface area contributed by atoms with Crippen LogP contribution in [0.2, 0.25) is 0 Å². The number of rotatable bonds is 1. The minimum Gasteiger partial charge on any atom is -0.388 e. The van der Waals surface area contributed by atoms with Gasteiger partial charge in [-0.25, -0.2) is 0 Å². The summed E-state index contributed by atoms with van der Waals surface area (Å²) < 4.78 is 4.97. The Bertz CT molecular complexity index is 176. The predicted octanol–water partition coefficient (Wildman–Crippen LogP) is 0.167. The summed E-state index contributed by atoms with van der Waals surface area (Å²) in [7, 11) is 0. The third kappa shape index (κ3) is 1.16. The molecule has 8 heavy (non-hydrogen) atoms. The fraction of sp³-hybridized carbons (Fsp3) is 0.333. The zero-order valence-electron chi connectivity index (χ0n) is 3.83. The van der Waals surface area contributed by atoms with Gasteiger partial charge in [0.05, 0.1) is 0 Å². The molecular weight excluding hydrogens is 223 g/mol. The Labute approximate surface area is 59.0 Å². The van der Waals surface area contributed by atoms with Crippen molar-refractivity contribution in [2.75, 3.05) is 0 Å². The van der Waals surface area contributed by atoms with Crippen molar-refractivity contribution < 1.29 is 9.63 Å². The topological polar surface area (TPSA) is 59.2 Å². The van der Waals surface area contributed by atoms with E-state index in [0.29, 0.717) is 9.72 Å². The maximum atomic E-state index is 8.36. The van der Waals surface area contributed by atoms with Crippen LogP contribution in [0.3, 0.4) is 0 Å². The second-order valence-corrected chi connectivity index (χ2v) is 2.04. The molecule has 1 rings (SSSR count). The van der Waals surface area contributed by atoms with Gasteiger partial charge in [0, 0.05) is 22.6 Å². The molecular formula is C3H3IN2O2. The first-order valence-corrected chi connectivity index (χ1v) is 3.00. The van der Waals surface area contributed by atoms with Crippen molar-refractivity contribution in [2.45, 2.75) is 6.61 Å². The molecule has 1 heterocycles. The second-order valence-electron chi connectivity index (χ2n) is 1.12. The zero-order chi connectivity index (χ0) is 5.98. The van der Waals surface area contributed by atoms with Gasteiger partial charge in [-0.3, -0.25) is 0 Å². The lowest BCUT2D eigenvalue weighted by molar-refractivity contribution is 0.263. The highest BCUT2D eigenvalue weighted by molar-refractivity contribution is 14.1. The number of aromatic nitrogens is 2. The van der Waals surface area contributed by atoms with Crippen molar-refractivity contribution in [3.05, 3.63) is 9.72 Å². The van der Waals surface area contributed by atoms with E-state index in [9.17, 15) is 0 Å². The Morgan fingerprint density at radius 1 is 1.75 bits per heavy atom. The van der Waals surface area contributed by atoms with Crippen molar-refractivity contribution >= 4 is 22.6 Å². The van der Waals surface area contributed by atoms with E-state index < -0.39 is 0 Å². The highest BCUT2D eigenvalue weighted by Crippen LogP contribution is 1.98. The van der Waals surface area contributed by atoms with Crippen LogP contribution < -0.4 is 0 Å². The molecule has 1 aromatic rings. The average Bonchev–Trinajstić information content (AvgIpc) is 2.14. The monoisotopic (exact) mass is 226 g/mol. The van der Waals surface area contributed by atoms with Crippen LogP contribution >= 0.6 is 22.6 Å². The smallest absolute Gasteiger partial charge is 0.287 e.